The van der Waals surface area contributed by atoms with Crippen molar-refractivity contribution in [1.29, 1.82) is 0 Å². The lowest BCUT2D eigenvalue weighted by molar-refractivity contribution is -0.129. The van der Waals surface area contributed by atoms with Crippen molar-refractivity contribution in [3.63, 3.8) is 0 Å². The summed E-state index contributed by atoms with van der Waals surface area (Å²) in [5.41, 5.74) is 1.88. The maximum atomic E-state index is 13.2. The molecule has 0 saturated carbocycles. The third-order valence-electron chi connectivity index (χ3n) is 5.22. The number of carbonyl (C=O) groups is 1. The molecule has 0 aliphatic heterocycles. The molecule has 1 heterocycles. The minimum atomic E-state index is -0.307. The largest absolute Gasteiger partial charge is 0.342 e. The van der Waals surface area contributed by atoms with Crippen molar-refractivity contribution in [3.05, 3.63) is 70.5 Å². The molecular formula is C24H29N3O2S. The minimum absolute atomic E-state index is 0.0429. The smallest absolute Gasteiger partial charge is 0.262 e. The molecule has 6 heteroatoms. The quantitative estimate of drug-likeness (QED) is 0.379. The van der Waals surface area contributed by atoms with Gasteiger partial charge in [0.05, 0.1) is 16.2 Å². The Morgan fingerprint density at radius 2 is 1.73 bits per heavy atom. The van der Waals surface area contributed by atoms with Crippen LogP contribution in [-0.2, 0) is 17.8 Å². The summed E-state index contributed by atoms with van der Waals surface area (Å²) < 4.78 is 1.74. The highest BCUT2D eigenvalue weighted by Gasteiger charge is 2.22. The van der Waals surface area contributed by atoms with E-state index in [2.05, 4.69) is 12.1 Å². The van der Waals surface area contributed by atoms with Crippen molar-refractivity contribution in [3.8, 4) is 0 Å². The normalized spacial score (nSPS) is 12.1. The van der Waals surface area contributed by atoms with Gasteiger partial charge in [0.1, 0.15) is 0 Å². The lowest BCUT2D eigenvalue weighted by atomic mass is 10.1. The van der Waals surface area contributed by atoms with Gasteiger partial charge in [-0.2, -0.15) is 0 Å². The van der Waals surface area contributed by atoms with E-state index < -0.39 is 0 Å². The standard InChI is InChI=1S/C24H29N3O2S/c1-4-26(5-2)22(28)18(3)30-24-25-21-16-10-9-15-20(21)23(29)27(24)17-11-14-19-12-7-6-8-13-19/h6-10,12-13,15-16,18H,4-5,11,14,17H2,1-3H3. The molecule has 0 spiro atoms. The van der Waals surface area contributed by atoms with E-state index >= 15 is 0 Å². The number of thioether (sulfide) groups is 1. The Morgan fingerprint density at radius 3 is 2.43 bits per heavy atom. The first-order valence-electron chi connectivity index (χ1n) is 10.5. The molecule has 0 radical (unpaired) electrons. The Labute approximate surface area is 182 Å². The number of rotatable bonds is 9. The Hall–Kier alpha value is -2.60. The van der Waals surface area contributed by atoms with E-state index in [-0.39, 0.29) is 16.7 Å². The lowest BCUT2D eigenvalue weighted by Gasteiger charge is -2.23. The number of benzene rings is 2. The van der Waals surface area contributed by atoms with Gasteiger partial charge in [-0.15, -0.1) is 0 Å². The molecule has 0 aliphatic rings. The lowest BCUT2D eigenvalue weighted by Crippen LogP contribution is -2.36. The molecule has 0 bridgehead atoms. The Balaban J connectivity index is 1.88. The predicted octanol–water partition coefficient (Wildman–Crippen LogP) is 4.38. The molecular weight excluding hydrogens is 394 g/mol. The molecule has 3 aromatic rings. The first-order valence-corrected chi connectivity index (χ1v) is 11.4. The molecule has 0 fully saturated rings. The van der Waals surface area contributed by atoms with Gasteiger partial charge in [0.25, 0.3) is 5.56 Å². The summed E-state index contributed by atoms with van der Waals surface area (Å²) in [4.78, 5) is 32.5. The van der Waals surface area contributed by atoms with Gasteiger partial charge < -0.3 is 4.90 Å². The number of hydrogen-bond donors (Lipinski definition) is 0. The SMILES string of the molecule is CCN(CC)C(=O)C(C)Sc1nc2ccccc2c(=O)n1CCCc1ccccc1. The summed E-state index contributed by atoms with van der Waals surface area (Å²) in [5.74, 6) is 0.0724. The van der Waals surface area contributed by atoms with Crippen LogP contribution < -0.4 is 5.56 Å². The second-order valence-electron chi connectivity index (χ2n) is 7.23. The number of aryl methyl sites for hydroxylation is 1. The molecule has 30 heavy (non-hydrogen) atoms. The zero-order valence-corrected chi connectivity index (χ0v) is 18.7. The molecule has 0 aliphatic carbocycles. The maximum absolute atomic E-state index is 13.2. The number of carbonyl (C=O) groups excluding carboxylic acids is 1. The summed E-state index contributed by atoms with van der Waals surface area (Å²) >= 11 is 1.37. The molecule has 1 amide bonds. The average molecular weight is 424 g/mol. The third-order valence-corrected chi connectivity index (χ3v) is 6.30. The Morgan fingerprint density at radius 1 is 1.07 bits per heavy atom. The molecule has 1 atom stereocenters. The van der Waals surface area contributed by atoms with Gasteiger partial charge in [-0.1, -0.05) is 54.2 Å². The molecule has 2 aromatic carbocycles. The fourth-order valence-corrected chi connectivity index (χ4v) is 4.54. The van der Waals surface area contributed by atoms with Crippen LogP contribution in [-0.4, -0.2) is 38.7 Å². The molecule has 0 saturated heterocycles. The van der Waals surface area contributed by atoms with Gasteiger partial charge in [-0.25, -0.2) is 4.98 Å². The Kier molecular flexibility index (Phi) is 7.69. The van der Waals surface area contributed by atoms with Crippen LogP contribution >= 0.6 is 11.8 Å². The number of fused-ring (bicyclic) bond motifs is 1. The maximum Gasteiger partial charge on any atom is 0.262 e. The predicted molar refractivity (Wildman–Crippen MR) is 124 cm³/mol. The molecule has 1 aromatic heterocycles. The summed E-state index contributed by atoms with van der Waals surface area (Å²) in [6, 6.07) is 17.7. The van der Waals surface area contributed by atoms with Crippen LogP contribution in [0, 0.1) is 0 Å². The number of nitrogens with zero attached hydrogens (tertiary/aromatic N) is 3. The van der Waals surface area contributed by atoms with Crippen molar-refractivity contribution in [2.45, 2.75) is 50.6 Å². The van der Waals surface area contributed by atoms with Crippen molar-refractivity contribution in [2.75, 3.05) is 13.1 Å². The van der Waals surface area contributed by atoms with Crippen LogP contribution in [0.15, 0.2) is 64.5 Å². The van der Waals surface area contributed by atoms with Crippen LogP contribution in [0.2, 0.25) is 0 Å². The number of para-hydroxylation sites is 1. The van der Waals surface area contributed by atoms with E-state index in [1.165, 1.54) is 17.3 Å². The molecule has 158 valence electrons. The van der Waals surface area contributed by atoms with Gasteiger partial charge in [0, 0.05) is 19.6 Å². The molecule has 3 rings (SSSR count). The first kappa shape index (κ1) is 22.1. The Bertz CT molecular complexity index is 1050. The summed E-state index contributed by atoms with van der Waals surface area (Å²) in [7, 11) is 0. The monoisotopic (exact) mass is 423 g/mol. The highest BCUT2D eigenvalue weighted by atomic mass is 32.2. The molecule has 0 N–H and O–H groups in total. The summed E-state index contributed by atoms with van der Waals surface area (Å²) in [5, 5.41) is 0.919. The highest BCUT2D eigenvalue weighted by molar-refractivity contribution is 8.00. The van der Waals surface area contributed by atoms with Crippen LogP contribution in [0.3, 0.4) is 0 Å². The van der Waals surface area contributed by atoms with E-state index in [0.29, 0.717) is 35.7 Å². The zero-order chi connectivity index (χ0) is 21.5. The fraction of sp³-hybridized carbons (Fsp3) is 0.375. The number of amides is 1. The number of aromatic nitrogens is 2. The minimum Gasteiger partial charge on any atom is -0.342 e. The topological polar surface area (TPSA) is 55.2 Å². The van der Waals surface area contributed by atoms with E-state index in [9.17, 15) is 9.59 Å². The second kappa shape index (κ2) is 10.4. The molecule has 1 unspecified atom stereocenters. The summed E-state index contributed by atoms with van der Waals surface area (Å²) in [6.07, 6.45) is 1.72. The van der Waals surface area contributed by atoms with Crippen molar-refractivity contribution < 1.29 is 4.79 Å². The van der Waals surface area contributed by atoms with Crippen molar-refractivity contribution in [1.82, 2.24) is 14.5 Å². The second-order valence-corrected chi connectivity index (χ2v) is 8.54. The van der Waals surface area contributed by atoms with Gasteiger partial charge in [-0.3, -0.25) is 14.2 Å². The number of hydrogen-bond acceptors (Lipinski definition) is 4. The van der Waals surface area contributed by atoms with Crippen LogP contribution in [0.4, 0.5) is 0 Å². The van der Waals surface area contributed by atoms with Gasteiger partial charge in [0.15, 0.2) is 5.16 Å². The first-order chi connectivity index (χ1) is 14.5. The van der Waals surface area contributed by atoms with Crippen molar-refractivity contribution >= 4 is 28.6 Å². The van der Waals surface area contributed by atoms with Crippen LogP contribution in [0.5, 0.6) is 0 Å². The average Bonchev–Trinajstić information content (AvgIpc) is 2.77. The highest BCUT2D eigenvalue weighted by Crippen LogP contribution is 2.24. The summed E-state index contributed by atoms with van der Waals surface area (Å²) in [6.45, 7) is 7.77. The van der Waals surface area contributed by atoms with Crippen LogP contribution in [0.1, 0.15) is 32.8 Å². The van der Waals surface area contributed by atoms with Gasteiger partial charge >= 0.3 is 0 Å². The van der Waals surface area contributed by atoms with Crippen molar-refractivity contribution in [2.24, 2.45) is 0 Å². The van der Waals surface area contributed by atoms with Gasteiger partial charge in [-0.05, 0) is 51.3 Å². The third kappa shape index (κ3) is 5.11. The zero-order valence-electron chi connectivity index (χ0n) is 17.9. The van der Waals surface area contributed by atoms with E-state index in [1.54, 1.807) is 4.57 Å². The fourth-order valence-electron chi connectivity index (χ4n) is 3.52. The van der Waals surface area contributed by atoms with E-state index in [4.69, 9.17) is 4.98 Å². The molecule has 5 nitrogen and oxygen atoms in total. The van der Waals surface area contributed by atoms with E-state index in [0.717, 1.165) is 12.8 Å². The van der Waals surface area contributed by atoms with E-state index in [1.807, 2.05) is 68.1 Å². The van der Waals surface area contributed by atoms with Gasteiger partial charge in [0.2, 0.25) is 5.91 Å². The van der Waals surface area contributed by atoms with Crippen LogP contribution in [0.25, 0.3) is 10.9 Å².